The van der Waals surface area contributed by atoms with Crippen molar-refractivity contribution in [2.24, 2.45) is 0 Å². The van der Waals surface area contributed by atoms with Crippen LogP contribution in [0.15, 0.2) is 28.2 Å². The Kier molecular flexibility index (Phi) is 4.13. The third-order valence-corrected chi connectivity index (χ3v) is 3.38. The summed E-state index contributed by atoms with van der Waals surface area (Å²) in [5.41, 5.74) is 1.14. The van der Waals surface area contributed by atoms with E-state index in [2.05, 4.69) is 22.6 Å². The van der Waals surface area contributed by atoms with Crippen molar-refractivity contribution in [2.45, 2.75) is 26.3 Å². The standard InChI is InChI=1S/C12H16N2OS/c1-2-12-14-10(9-16-12)8-13-6-5-11-4-3-7-15-11/h3-4,7,9,13H,2,5-6,8H2,1H3. The van der Waals surface area contributed by atoms with Crippen LogP contribution in [0, 0.1) is 0 Å². The quantitative estimate of drug-likeness (QED) is 0.783. The normalized spacial score (nSPS) is 10.8. The lowest BCUT2D eigenvalue weighted by Crippen LogP contribution is -2.16. The van der Waals surface area contributed by atoms with Gasteiger partial charge in [-0.1, -0.05) is 6.92 Å². The van der Waals surface area contributed by atoms with Gasteiger partial charge in [0, 0.05) is 24.9 Å². The molecule has 0 aromatic carbocycles. The summed E-state index contributed by atoms with van der Waals surface area (Å²) in [5, 5.41) is 6.70. The summed E-state index contributed by atoms with van der Waals surface area (Å²) in [6, 6.07) is 3.92. The van der Waals surface area contributed by atoms with Gasteiger partial charge in [0.05, 0.1) is 17.0 Å². The number of thiazole rings is 1. The van der Waals surface area contributed by atoms with Crippen molar-refractivity contribution in [3.8, 4) is 0 Å². The molecule has 0 radical (unpaired) electrons. The lowest BCUT2D eigenvalue weighted by molar-refractivity contribution is 0.498. The van der Waals surface area contributed by atoms with Gasteiger partial charge in [-0.2, -0.15) is 0 Å². The Labute approximate surface area is 99.5 Å². The fourth-order valence-corrected chi connectivity index (χ4v) is 2.22. The average Bonchev–Trinajstić information content (AvgIpc) is 2.95. The Morgan fingerprint density at radius 3 is 3.12 bits per heavy atom. The monoisotopic (exact) mass is 236 g/mol. The van der Waals surface area contributed by atoms with Gasteiger partial charge in [0.1, 0.15) is 5.76 Å². The second kappa shape index (κ2) is 5.82. The molecular formula is C12H16N2OS. The number of rotatable bonds is 6. The van der Waals surface area contributed by atoms with Crippen LogP contribution in [0.1, 0.15) is 23.4 Å². The van der Waals surface area contributed by atoms with Crippen molar-refractivity contribution < 1.29 is 4.42 Å². The van der Waals surface area contributed by atoms with E-state index in [1.807, 2.05) is 12.1 Å². The molecule has 0 saturated heterocycles. The molecule has 0 fully saturated rings. The van der Waals surface area contributed by atoms with Crippen LogP contribution in [0.3, 0.4) is 0 Å². The highest BCUT2D eigenvalue weighted by molar-refractivity contribution is 7.09. The van der Waals surface area contributed by atoms with Gasteiger partial charge in [-0.25, -0.2) is 4.98 Å². The Balaban J connectivity index is 1.68. The summed E-state index contributed by atoms with van der Waals surface area (Å²) in [7, 11) is 0. The lowest BCUT2D eigenvalue weighted by atomic mass is 10.3. The van der Waals surface area contributed by atoms with Crippen LogP contribution in [0.2, 0.25) is 0 Å². The molecule has 1 N–H and O–H groups in total. The first-order chi connectivity index (χ1) is 7.88. The average molecular weight is 236 g/mol. The molecule has 2 rings (SSSR count). The molecule has 4 heteroatoms. The highest BCUT2D eigenvalue weighted by Crippen LogP contribution is 2.09. The third-order valence-electron chi connectivity index (χ3n) is 2.34. The topological polar surface area (TPSA) is 38.1 Å². The fraction of sp³-hybridized carbons (Fsp3) is 0.417. The number of nitrogens with zero attached hydrogens (tertiary/aromatic N) is 1. The maximum Gasteiger partial charge on any atom is 0.105 e. The van der Waals surface area contributed by atoms with Crippen LogP contribution >= 0.6 is 11.3 Å². The summed E-state index contributed by atoms with van der Waals surface area (Å²) in [6.07, 6.45) is 3.66. The Morgan fingerprint density at radius 1 is 1.50 bits per heavy atom. The second-order valence-electron chi connectivity index (χ2n) is 3.59. The number of hydrogen-bond acceptors (Lipinski definition) is 4. The highest BCUT2D eigenvalue weighted by Gasteiger charge is 2.00. The summed E-state index contributed by atoms with van der Waals surface area (Å²) < 4.78 is 5.25. The molecule has 0 amide bonds. The summed E-state index contributed by atoms with van der Waals surface area (Å²) in [5.74, 6) is 1.03. The predicted molar refractivity (Wildman–Crippen MR) is 65.6 cm³/mol. The van der Waals surface area contributed by atoms with E-state index in [9.17, 15) is 0 Å². The third kappa shape index (κ3) is 3.18. The van der Waals surface area contributed by atoms with E-state index in [1.165, 1.54) is 5.01 Å². The van der Waals surface area contributed by atoms with Crippen LogP contribution in [-0.2, 0) is 19.4 Å². The van der Waals surface area contributed by atoms with Crippen molar-refractivity contribution in [1.82, 2.24) is 10.3 Å². The van der Waals surface area contributed by atoms with Crippen LogP contribution in [-0.4, -0.2) is 11.5 Å². The summed E-state index contributed by atoms with van der Waals surface area (Å²) in [6.45, 7) is 3.90. The molecule has 0 unspecified atom stereocenters. The van der Waals surface area contributed by atoms with E-state index in [1.54, 1.807) is 17.6 Å². The van der Waals surface area contributed by atoms with Gasteiger partial charge in [-0.3, -0.25) is 0 Å². The van der Waals surface area contributed by atoms with Crippen molar-refractivity contribution in [3.05, 3.63) is 40.2 Å². The van der Waals surface area contributed by atoms with Gasteiger partial charge < -0.3 is 9.73 Å². The molecule has 0 spiro atoms. The van der Waals surface area contributed by atoms with Crippen LogP contribution in [0.5, 0.6) is 0 Å². The van der Waals surface area contributed by atoms with Crippen molar-refractivity contribution in [1.29, 1.82) is 0 Å². The first kappa shape index (κ1) is 11.4. The van der Waals surface area contributed by atoms with Gasteiger partial charge in [0.15, 0.2) is 0 Å². The minimum Gasteiger partial charge on any atom is -0.469 e. The number of hydrogen-bond donors (Lipinski definition) is 1. The molecule has 0 atom stereocenters. The molecule has 2 aromatic heterocycles. The number of aryl methyl sites for hydroxylation is 1. The Bertz CT molecular complexity index is 408. The first-order valence-electron chi connectivity index (χ1n) is 5.55. The maximum atomic E-state index is 5.25. The Morgan fingerprint density at radius 2 is 2.44 bits per heavy atom. The van der Waals surface area contributed by atoms with Crippen LogP contribution in [0.25, 0.3) is 0 Å². The van der Waals surface area contributed by atoms with Gasteiger partial charge >= 0.3 is 0 Å². The minimum absolute atomic E-state index is 0.844. The molecule has 0 aliphatic rings. The van der Waals surface area contributed by atoms with Crippen molar-refractivity contribution in [2.75, 3.05) is 6.54 Å². The van der Waals surface area contributed by atoms with E-state index in [-0.39, 0.29) is 0 Å². The van der Waals surface area contributed by atoms with Crippen LogP contribution in [0.4, 0.5) is 0 Å². The Hall–Kier alpha value is -1.13. The van der Waals surface area contributed by atoms with Crippen molar-refractivity contribution >= 4 is 11.3 Å². The van der Waals surface area contributed by atoms with E-state index >= 15 is 0 Å². The van der Waals surface area contributed by atoms with E-state index in [4.69, 9.17) is 4.42 Å². The number of nitrogens with one attached hydrogen (secondary N) is 1. The zero-order valence-electron chi connectivity index (χ0n) is 9.40. The van der Waals surface area contributed by atoms with Gasteiger partial charge in [0.25, 0.3) is 0 Å². The van der Waals surface area contributed by atoms with Gasteiger partial charge in [-0.05, 0) is 18.6 Å². The van der Waals surface area contributed by atoms with Crippen molar-refractivity contribution in [3.63, 3.8) is 0 Å². The molecule has 2 aromatic rings. The van der Waals surface area contributed by atoms with E-state index in [0.29, 0.717) is 0 Å². The molecule has 2 heterocycles. The predicted octanol–water partition coefficient (Wildman–Crippen LogP) is 2.63. The maximum absolute atomic E-state index is 5.25. The zero-order chi connectivity index (χ0) is 11.2. The molecule has 86 valence electrons. The smallest absolute Gasteiger partial charge is 0.105 e. The SMILES string of the molecule is CCc1nc(CNCCc2ccco2)cs1. The van der Waals surface area contributed by atoms with Crippen LogP contribution < -0.4 is 5.32 Å². The molecule has 16 heavy (non-hydrogen) atoms. The minimum atomic E-state index is 0.844. The summed E-state index contributed by atoms with van der Waals surface area (Å²) >= 11 is 1.74. The largest absolute Gasteiger partial charge is 0.469 e. The summed E-state index contributed by atoms with van der Waals surface area (Å²) in [4.78, 5) is 4.50. The molecule has 3 nitrogen and oxygen atoms in total. The molecule has 0 aliphatic heterocycles. The number of furan rings is 1. The van der Waals surface area contributed by atoms with E-state index < -0.39 is 0 Å². The highest BCUT2D eigenvalue weighted by atomic mass is 32.1. The molecule has 0 saturated carbocycles. The molecule has 0 bridgehead atoms. The number of aromatic nitrogens is 1. The first-order valence-corrected chi connectivity index (χ1v) is 6.43. The van der Waals surface area contributed by atoms with Gasteiger partial charge in [0.2, 0.25) is 0 Å². The molecule has 0 aliphatic carbocycles. The van der Waals surface area contributed by atoms with E-state index in [0.717, 1.165) is 37.4 Å². The fourth-order valence-electron chi connectivity index (χ4n) is 1.48. The van der Waals surface area contributed by atoms with Gasteiger partial charge in [-0.15, -0.1) is 11.3 Å². The zero-order valence-corrected chi connectivity index (χ0v) is 10.2. The second-order valence-corrected chi connectivity index (χ2v) is 4.53. The lowest BCUT2D eigenvalue weighted by Gasteiger charge is -2.00. The molecular weight excluding hydrogens is 220 g/mol.